The Morgan fingerprint density at radius 2 is 1.03 bits per heavy atom. The highest BCUT2D eigenvalue weighted by atomic mass is 79.9. The van der Waals surface area contributed by atoms with Gasteiger partial charge in [-0.3, -0.25) is 19.7 Å². The topological polar surface area (TPSA) is 217 Å². The standard InChI is InChI=1S/C24H19F2N3O3.C10H10BrN3O2.C10H12BrNO2.C8H7Br2NO2/c1-3-20-17(23-28-29(2)24(31)32-23)12-16(13-27-20)15-9-7-14(8-10-15)11-21(30)22-18(25)5-4-6-19(22)26;1-3-8-7(4-6(11)5-12-8)9-13-14(2)10(15)16-9;1-3-9-8(10(13)14-4-2)5-7(11)6-12-9;1-2-13-8(12)6-3-5(9)4-11-7(6)10/h4-10,12-13H,3,11H2,1-2H3;4-5H,3H2,1-2H3;5-6H,3-4H2,1-2H3;3-4H,2H2,1H3. The number of hydrogen-bond donors (Lipinski definition) is 0. The van der Waals surface area contributed by atoms with E-state index in [1.807, 2.05) is 32.9 Å². The lowest BCUT2D eigenvalue weighted by Gasteiger charge is -2.08. The smallest absolute Gasteiger partial charge is 0.437 e. The number of ketones is 1. The van der Waals surface area contributed by atoms with Gasteiger partial charge in [-0.25, -0.2) is 32.9 Å². The van der Waals surface area contributed by atoms with Crippen molar-refractivity contribution >= 4 is 81.4 Å². The van der Waals surface area contributed by atoms with Crippen molar-refractivity contribution in [3.63, 3.8) is 0 Å². The molecule has 17 nitrogen and oxygen atoms in total. The van der Waals surface area contributed by atoms with E-state index in [1.165, 1.54) is 13.1 Å². The van der Waals surface area contributed by atoms with Crippen molar-refractivity contribution in [2.75, 3.05) is 13.2 Å². The van der Waals surface area contributed by atoms with Crippen LogP contribution in [0.1, 0.15) is 88.3 Å². The van der Waals surface area contributed by atoms with Crippen molar-refractivity contribution in [2.45, 2.75) is 60.3 Å². The molecule has 23 heteroatoms. The maximum absolute atomic E-state index is 13.9. The first-order valence-corrected chi connectivity index (χ1v) is 26.1. The number of aryl methyl sites for hydroxylation is 5. The van der Waals surface area contributed by atoms with Crippen LogP contribution in [0.3, 0.4) is 0 Å². The molecular weight excluding hydrogens is 1240 g/mol. The molecule has 392 valence electrons. The number of hydrogen-bond acceptors (Lipinski definition) is 15. The molecule has 6 aromatic heterocycles. The van der Waals surface area contributed by atoms with Gasteiger partial charge in [-0.15, -0.1) is 10.2 Å². The van der Waals surface area contributed by atoms with Crippen LogP contribution in [0.2, 0.25) is 0 Å². The number of benzene rings is 2. The zero-order chi connectivity index (χ0) is 54.9. The fraction of sp³-hybridized carbons (Fsp3) is 0.250. The highest BCUT2D eigenvalue weighted by Crippen LogP contribution is 2.28. The average Bonchev–Trinajstić information content (AvgIpc) is 3.92. The number of carbonyl (C=O) groups is 3. The molecule has 0 radical (unpaired) electrons. The van der Waals surface area contributed by atoms with E-state index in [4.69, 9.17) is 18.3 Å². The van der Waals surface area contributed by atoms with Crippen LogP contribution in [0.4, 0.5) is 8.78 Å². The van der Waals surface area contributed by atoms with Crippen molar-refractivity contribution in [3.8, 4) is 34.0 Å². The van der Waals surface area contributed by atoms with Crippen LogP contribution >= 0.6 is 63.7 Å². The SMILES string of the molecule is CCOC(=O)c1cc(Br)cnc1Br.CCOC(=O)c1cc(Br)cnc1CC.CCc1ncc(-c2ccc(CC(=O)c3c(F)cccc3F)cc2)cc1-c1nn(C)c(=O)o1.CCc1ncc(Br)cc1-c1nn(C)c(=O)o1. The Kier molecular flexibility index (Phi) is 22.3. The van der Waals surface area contributed by atoms with Gasteiger partial charge in [0.15, 0.2) is 5.78 Å². The Balaban J connectivity index is 0.000000203. The molecule has 0 bridgehead atoms. The summed E-state index contributed by atoms with van der Waals surface area (Å²) in [4.78, 5) is 74.9. The van der Waals surface area contributed by atoms with E-state index in [0.717, 1.165) is 81.5 Å². The molecule has 0 aliphatic rings. The first-order chi connectivity index (χ1) is 35.8. The van der Waals surface area contributed by atoms with Crippen molar-refractivity contribution in [3.05, 3.63) is 182 Å². The van der Waals surface area contributed by atoms with Crippen molar-refractivity contribution in [1.82, 2.24) is 39.5 Å². The summed E-state index contributed by atoms with van der Waals surface area (Å²) in [5, 5.41) is 8.12. The predicted molar refractivity (Wildman–Crippen MR) is 289 cm³/mol. The fourth-order valence-corrected chi connectivity index (χ4v) is 8.10. The van der Waals surface area contributed by atoms with E-state index in [2.05, 4.69) is 93.9 Å². The summed E-state index contributed by atoms with van der Waals surface area (Å²) in [5.41, 5.74) is 6.37. The number of nitrogens with zero attached hydrogens (tertiary/aromatic N) is 8. The van der Waals surface area contributed by atoms with Gasteiger partial charge < -0.3 is 18.3 Å². The molecule has 0 fully saturated rings. The number of rotatable bonds is 13. The third kappa shape index (κ3) is 16.2. The minimum Gasteiger partial charge on any atom is -0.462 e. The van der Waals surface area contributed by atoms with Crippen LogP contribution in [0, 0.1) is 11.6 Å². The van der Waals surface area contributed by atoms with Crippen molar-refractivity contribution in [2.24, 2.45) is 14.1 Å². The largest absolute Gasteiger partial charge is 0.462 e. The zero-order valence-electron chi connectivity index (χ0n) is 41.4. The molecule has 0 saturated carbocycles. The number of carbonyl (C=O) groups excluding carboxylic acids is 3. The second-order valence-electron chi connectivity index (χ2n) is 15.5. The Hall–Kier alpha value is -6.69. The molecule has 0 spiro atoms. The molecule has 0 atom stereocenters. The summed E-state index contributed by atoms with van der Waals surface area (Å²) in [6.45, 7) is 10.2. The summed E-state index contributed by atoms with van der Waals surface area (Å²) >= 11 is 13.0. The zero-order valence-corrected chi connectivity index (χ0v) is 47.8. The molecule has 6 heterocycles. The Bertz CT molecular complexity index is 3400. The van der Waals surface area contributed by atoms with E-state index in [0.29, 0.717) is 52.4 Å². The van der Waals surface area contributed by atoms with Crippen molar-refractivity contribution < 1.29 is 41.5 Å². The highest BCUT2D eigenvalue weighted by molar-refractivity contribution is 9.11. The van der Waals surface area contributed by atoms with Gasteiger partial charge in [-0.1, -0.05) is 51.1 Å². The quantitative estimate of drug-likeness (QED) is 0.0596. The first-order valence-electron chi connectivity index (χ1n) is 22.9. The lowest BCUT2D eigenvalue weighted by Crippen LogP contribution is -2.09. The van der Waals surface area contributed by atoms with Gasteiger partial charge >= 0.3 is 23.5 Å². The molecule has 0 saturated heterocycles. The van der Waals surface area contributed by atoms with Crippen LogP contribution in [0.15, 0.2) is 128 Å². The van der Waals surface area contributed by atoms with Gasteiger partial charge in [-0.05, 0) is 144 Å². The molecule has 75 heavy (non-hydrogen) atoms. The average molecular weight is 1290 g/mol. The van der Waals surface area contributed by atoms with Gasteiger partial charge in [-0.2, -0.15) is 9.36 Å². The second kappa shape index (κ2) is 28.3. The Labute approximate surface area is 462 Å². The van der Waals surface area contributed by atoms with Gasteiger partial charge in [0.05, 0.1) is 58.1 Å². The summed E-state index contributed by atoms with van der Waals surface area (Å²) in [7, 11) is 3.05. The minimum absolute atomic E-state index is 0.129. The number of aromatic nitrogens is 8. The van der Waals surface area contributed by atoms with Gasteiger partial charge in [0.25, 0.3) is 11.8 Å². The summed E-state index contributed by atoms with van der Waals surface area (Å²) < 4.78 is 52.9. The maximum Gasteiger partial charge on any atom is 0.437 e. The molecule has 8 rings (SSSR count). The molecular formula is C52H48Br4F2N8O9. The fourth-order valence-electron chi connectivity index (χ4n) is 6.73. The summed E-state index contributed by atoms with van der Waals surface area (Å²) in [5.74, 6) is -3.60. The molecule has 8 aromatic rings. The van der Waals surface area contributed by atoms with Crippen LogP contribution in [0.25, 0.3) is 34.0 Å². The van der Waals surface area contributed by atoms with Crippen LogP contribution in [-0.4, -0.2) is 70.4 Å². The van der Waals surface area contributed by atoms with Gasteiger partial charge in [0, 0.05) is 64.3 Å². The van der Waals surface area contributed by atoms with E-state index in [-0.39, 0.29) is 24.3 Å². The second-order valence-corrected chi connectivity index (χ2v) is 19.0. The van der Waals surface area contributed by atoms with Gasteiger partial charge in [0.2, 0.25) is 0 Å². The Morgan fingerprint density at radius 3 is 1.52 bits per heavy atom. The van der Waals surface area contributed by atoms with E-state index >= 15 is 0 Å². The molecule has 0 N–H and O–H groups in total. The summed E-state index contributed by atoms with van der Waals surface area (Å²) in [6, 6.07) is 17.5. The van der Waals surface area contributed by atoms with Crippen LogP contribution in [-0.2, 0) is 49.3 Å². The third-order valence-electron chi connectivity index (χ3n) is 10.4. The monoisotopic (exact) mass is 1280 g/mol. The normalized spacial score (nSPS) is 10.5. The first kappa shape index (κ1) is 59.2. The van der Waals surface area contributed by atoms with Gasteiger partial charge in [0.1, 0.15) is 16.2 Å². The predicted octanol–water partition coefficient (Wildman–Crippen LogP) is 11.5. The number of esters is 2. The van der Waals surface area contributed by atoms with Crippen LogP contribution < -0.4 is 11.5 Å². The minimum atomic E-state index is -0.873. The van der Waals surface area contributed by atoms with E-state index < -0.39 is 34.5 Å². The lowest BCUT2D eigenvalue weighted by molar-refractivity contribution is 0.0515. The molecule has 2 aromatic carbocycles. The molecule has 0 aliphatic heterocycles. The lowest BCUT2D eigenvalue weighted by atomic mass is 9.98. The molecule has 0 unspecified atom stereocenters. The number of pyridine rings is 4. The number of Topliss-reactive ketones (excluding diaryl/α,β-unsaturated/α-hetero) is 1. The van der Waals surface area contributed by atoms with E-state index in [9.17, 15) is 32.8 Å². The molecule has 0 aliphatic carbocycles. The van der Waals surface area contributed by atoms with Crippen LogP contribution in [0.5, 0.6) is 0 Å². The number of halogens is 6. The summed E-state index contributed by atoms with van der Waals surface area (Å²) in [6.07, 6.45) is 8.68. The third-order valence-corrected chi connectivity index (χ3v) is 12.3. The van der Waals surface area contributed by atoms with Crippen molar-refractivity contribution in [1.29, 1.82) is 0 Å². The molecule has 0 amide bonds. The van der Waals surface area contributed by atoms with E-state index in [1.54, 1.807) is 82.1 Å². The number of ether oxygens (including phenoxy) is 2. The Morgan fingerprint density at radius 1 is 0.573 bits per heavy atom. The maximum atomic E-state index is 13.9. The highest BCUT2D eigenvalue weighted by Gasteiger charge is 2.19.